The monoisotopic (exact) mass is 205 g/mol. The summed E-state index contributed by atoms with van der Waals surface area (Å²) in [6.45, 7) is 0.814. The fourth-order valence-electron chi connectivity index (χ4n) is 1.12. The quantitative estimate of drug-likeness (QED) is 0.756. The van der Waals surface area contributed by atoms with Crippen molar-refractivity contribution in [2.24, 2.45) is 0 Å². The van der Waals surface area contributed by atoms with Gasteiger partial charge in [-0.15, -0.1) is 11.3 Å². The number of benzene rings is 1. The van der Waals surface area contributed by atoms with E-state index < -0.39 is 0 Å². The largest absolute Gasteiger partial charge is 0.399 e. The van der Waals surface area contributed by atoms with Gasteiger partial charge >= 0.3 is 0 Å². The molecule has 0 spiro atoms. The van der Waals surface area contributed by atoms with Gasteiger partial charge in [0.15, 0.2) is 0 Å². The van der Waals surface area contributed by atoms with E-state index in [1.54, 1.807) is 11.3 Å². The molecule has 0 radical (unpaired) electrons. The molecule has 0 aliphatic carbocycles. The van der Waals surface area contributed by atoms with Crippen molar-refractivity contribution >= 4 is 22.7 Å². The van der Waals surface area contributed by atoms with Crippen LogP contribution >= 0.6 is 11.3 Å². The molecule has 3 nitrogen and oxygen atoms in total. The zero-order valence-electron chi connectivity index (χ0n) is 7.60. The molecule has 0 saturated carbocycles. The summed E-state index contributed by atoms with van der Waals surface area (Å²) >= 11 is 1.65. The van der Waals surface area contributed by atoms with E-state index in [0.717, 1.165) is 17.9 Å². The van der Waals surface area contributed by atoms with E-state index in [4.69, 9.17) is 5.73 Å². The first-order valence-electron chi connectivity index (χ1n) is 4.31. The van der Waals surface area contributed by atoms with Crippen molar-refractivity contribution in [1.82, 2.24) is 4.98 Å². The van der Waals surface area contributed by atoms with E-state index in [1.165, 1.54) is 4.88 Å². The Morgan fingerprint density at radius 1 is 1.29 bits per heavy atom. The Morgan fingerprint density at radius 2 is 2.07 bits per heavy atom. The van der Waals surface area contributed by atoms with Crippen LogP contribution in [0.4, 0.5) is 11.4 Å². The fourth-order valence-corrected chi connectivity index (χ4v) is 1.65. The topological polar surface area (TPSA) is 50.9 Å². The molecule has 72 valence electrons. The maximum Gasteiger partial charge on any atom is 0.0794 e. The highest BCUT2D eigenvalue weighted by molar-refractivity contribution is 7.09. The summed E-state index contributed by atoms with van der Waals surface area (Å²) in [5.74, 6) is 0. The molecule has 0 saturated heterocycles. The lowest BCUT2D eigenvalue weighted by Crippen LogP contribution is -1.97. The first-order chi connectivity index (χ1) is 6.84. The van der Waals surface area contributed by atoms with Crippen LogP contribution in [-0.4, -0.2) is 4.98 Å². The van der Waals surface area contributed by atoms with E-state index in [1.807, 2.05) is 36.0 Å². The summed E-state index contributed by atoms with van der Waals surface area (Å²) in [4.78, 5) is 5.23. The minimum atomic E-state index is 0.786. The highest BCUT2D eigenvalue weighted by atomic mass is 32.1. The molecule has 1 heterocycles. The van der Waals surface area contributed by atoms with Gasteiger partial charge in [0.05, 0.1) is 12.1 Å². The standard InChI is InChI=1S/C10H11N3S/c11-8-1-3-9(4-2-8)13-6-10-5-12-7-14-10/h1-5,7,13H,6,11H2. The third-order valence-corrected chi connectivity index (χ3v) is 2.64. The summed E-state index contributed by atoms with van der Waals surface area (Å²) < 4.78 is 0. The summed E-state index contributed by atoms with van der Waals surface area (Å²) in [6.07, 6.45) is 1.87. The van der Waals surface area contributed by atoms with Gasteiger partial charge in [-0.2, -0.15) is 0 Å². The maximum atomic E-state index is 5.58. The lowest BCUT2D eigenvalue weighted by molar-refractivity contribution is 1.17. The van der Waals surface area contributed by atoms with Crippen LogP contribution in [0.5, 0.6) is 0 Å². The second-order valence-electron chi connectivity index (χ2n) is 2.94. The second kappa shape index (κ2) is 4.11. The normalized spacial score (nSPS) is 10.0. The molecule has 0 amide bonds. The predicted molar refractivity (Wildman–Crippen MR) is 60.3 cm³/mol. The Kier molecular flexibility index (Phi) is 2.65. The Morgan fingerprint density at radius 3 is 2.71 bits per heavy atom. The molecule has 2 rings (SSSR count). The Balaban J connectivity index is 1.95. The molecule has 0 bridgehead atoms. The fraction of sp³-hybridized carbons (Fsp3) is 0.100. The minimum absolute atomic E-state index is 0.786. The van der Waals surface area contributed by atoms with Gasteiger partial charge in [0, 0.05) is 22.4 Å². The summed E-state index contributed by atoms with van der Waals surface area (Å²) in [7, 11) is 0. The molecule has 0 fully saturated rings. The van der Waals surface area contributed by atoms with Gasteiger partial charge < -0.3 is 11.1 Å². The maximum absolute atomic E-state index is 5.58. The average Bonchev–Trinajstić information content (AvgIpc) is 2.70. The van der Waals surface area contributed by atoms with Crippen molar-refractivity contribution in [3.05, 3.63) is 40.8 Å². The van der Waals surface area contributed by atoms with Gasteiger partial charge in [-0.3, -0.25) is 4.98 Å². The molecule has 1 aromatic heterocycles. The van der Waals surface area contributed by atoms with Crippen molar-refractivity contribution in [3.63, 3.8) is 0 Å². The zero-order valence-corrected chi connectivity index (χ0v) is 8.42. The third-order valence-electron chi connectivity index (χ3n) is 1.86. The smallest absolute Gasteiger partial charge is 0.0794 e. The van der Waals surface area contributed by atoms with Gasteiger partial charge in [0.25, 0.3) is 0 Å². The number of anilines is 2. The van der Waals surface area contributed by atoms with E-state index in [2.05, 4.69) is 10.3 Å². The first kappa shape index (κ1) is 9.02. The number of hydrogen-bond acceptors (Lipinski definition) is 4. The predicted octanol–water partition coefficient (Wildman–Crippen LogP) is 2.34. The van der Waals surface area contributed by atoms with Gasteiger partial charge in [-0.25, -0.2) is 0 Å². The van der Waals surface area contributed by atoms with E-state index in [9.17, 15) is 0 Å². The molecule has 3 N–H and O–H groups in total. The molecule has 14 heavy (non-hydrogen) atoms. The van der Waals surface area contributed by atoms with Crippen LogP contribution in [0.25, 0.3) is 0 Å². The van der Waals surface area contributed by atoms with Crippen molar-refractivity contribution < 1.29 is 0 Å². The van der Waals surface area contributed by atoms with Crippen LogP contribution in [0.15, 0.2) is 36.0 Å². The van der Waals surface area contributed by atoms with Crippen LogP contribution in [-0.2, 0) is 6.54 Å². The lowest BCUT2D eigenvalue weighted by atomic mass is 10.3. The van der Waals surface area contributed by atoms with Crippen LogP contribution in [0, 0.1) is 0 Å². The highest BCUT2D eigenvalue weighted by Gasteiger charge is 1.94. The van der Waals surface area contributed by atoms with Crippen LogP contribution in [0.2, 0.25) is 0 Å². The van der Waals surface area contributed by atoms with Crippen LogP contribution < -0.4 is 11.1 Å². The molecule has 1 aromatic carbocycles. The second-order valence-corrected chi connectivity index (χ2v) is 3.91. The lowest BCUT2D eigenvalue weighted by Gasteiger charge is -2.03. The summed E-state index contributed by atoms with van der Waals surface area (Å²) in [6, 6.07) is 7.71. The number of hydrogen-bond donors (Lipinski definition) is 2. The SMILES string of the molecule is Nc1ccc(NCc2cncs2)cc1. The average molecular weight is 205 g/mol. The van der Waals surface area contributed by atoms with Crippen molar-refractivity contribution in [3.8, 4) is 0 Å². The molecule has 4 heteroatoms. The Labute approximate surface area is 86.6 Å². The number of nitrogens with two attached hydrogens (primary N) is 1. The number of aromatic nitrogens is 1. The number of thiazole rings is 1. The van der Waals surface area contributed by atoms with Crippen LogP contribution in [0.1, 0.15) is 4.88 Å². The number of nitrogen functional groups attached to an aromatic ring is 1. The molecule has 0 atom stereocenters. The van der Waals surface area contributed by atoms with Gasteiger partial charge in [-0.1, -0.05) is 0 Å². The zero-order chi connectivity index (χ0) is 9.80. The van der Waals surface area contributed by atoms with Gasteiger partial charge in [0.1, 0.15) is 0 Å². The number of rotatable bonds is 3. The summed E-state index contributed by atoms with van der Waals surface area (Å²) in [5, 5.41) is 3.29. The Bertz CT molecular complexity index is 380. The van der Waals surface area contributed by atoms with Crippen molar-refractivity contribution in [2.75, 3.05) is 11.1 Å². The highest BCUT2D eigenvalue weighted by Crippen LogP contribution is 2.13. The molecule has 0 aliphatic heterocycles. The molecule has 0 aliphatic rings. The molecule has 0 unspecified atom stereocenters. The Hall–Kier alpha value is -1.55. The molecular formula is C10H11N3S. The van der Waals surface area contributed by atoms with E-state index >= 15 is 0 Å². The van der Waals surface area contributed by atoms with Gasteiger partial charge in [0.2, 0.25) is 0 Å². The van der Waals surface area contributed by atoms with E-state index in [-0.39, 0.29) is 0 Å². The third kappa shape index (κ3) is 2.23. The first-order valence-corrected chi connectivity index (χ1v) is 5.19. The molecular weight excluding hydrogens is 194 g/mol. The van der Waals surface area contributed by atoms with Crippen LogP contribution in [0.3, 0.4) is 0 Å². The van der Waals surface area contributed by atoms with Crippen molar-refractivity contribution in [2.45, 2.75) is 6.54 Å². The summed E-state index contributed by atoms with van der Waals surface area (Å²) in [5.41, 5.74) is 9.28. The molecule has 2 aromatic rings. The van der Waals surface area contributed by atoms with Gasteiger partial charge in [-0.05, 0) is 24.3 Å². The number of nitrogens with zero attached hydrogens (tertiary/aromatic N) is 1. The minimum Gasteiger partial charge on any atom is -0.399 e. The number of nitrogens with one attached hydrogen (secondary N) is 1. The van der Waals surface area contributed by atoms with E-state index in [0.29, 0.717) is 0 Å². The van der Waals surface area contributed by atoms with Crippen molar-refractivity contribution in [1.29, 1.82) is 0 Å².